The summed E-state index contributed by atoms with van der Waals surface area (Å²) < 4.78 is 0. The van der Waals surface area contributed by atoms with E-state index in [1.807, 2.05) is 6.07 Å². The zero-order valence-electron chi connectivity index (χ0n) is 10.1. The van der Waals surface area contributed by atoms with Crippen molar-refractivity contribution < 1.29 is 16.1 Å². The van der Waals surface area contributed by atoms with Crippen molar-refractivity contribution >= 4 is 0 Å². The molecule has 0 heterocycles. The van der Waals surface area contributed by atoms with E-state index in [1.165, 1.54) is 11.6 Å². The lowest BCUT2D eigenvalue weighted by molar-refractivity contribution is 0.474. The van der Waals surface area contributed by atoms with Gasteiger partial charge in [-0.3, -0.25) is 0 Å². The Hall–Kier alpha value is -1.84. The molecule has 0 atom stereocenters. The molecule has 0 amide bonds. The number of benzene rings is 1. The summed E-state index contributed by atoms with van der Waals surface area (Å²) in [7, 11) is 0. The van der Waals surface area contributed by atoms with Gasteiger partial charge in [0.2, 0.25) is 0 Å². The van der Waals surface area contributed by atoms with E-state index in [9.17, 15) is 0 Å². The average molecular weight is 238 g/mol. The number of hydrogen-bond acceptors (Lipinski definition) is 1. The van der Waals surface area contributed by atoms with Crippen LogP contribution in [0, 0.1) is 0 Å². The summed E-state index contributed by atoms with van der Waals surface area (Å²) in [4.78, 5) is 0. The minimum absolute atomic E-state index is 0. The summed E-state index contributed by atoms with van der Waals surface area (Å²) in [5, 5.41) is 8.03. The van der Waals surface area contributed by atoms with Gasteiger partial charge < -0.3 is 16.1 Å². The van der Waals surface area contributed by atoms with E-state index in [0.717, 1.165) is 12.7 Å². The molecule has 96 valence electrons. The second-order valence-electron chi connectivity index (χ2n) is 2.80. The van der Waals surface area contributed by atoms with Crippen molar-refractivity contribution in [2.24, 2.45) is 0 Å². The fourth-order valence-electron chi connectivity index (χ4n) is 0.906. The molecule has 1 aromatic carbocycles. The number of aliphatic hydroxyl groups is 1. The van der Waals surface area contributed by atoms with Gasteiger partial charge in [0, 0.05) is 0 Å². The van der Waals surface area contributed by atoms with Crippen LogP contribution < -0.4 is 0 Å². The second kappa shape index (κ2) is 16.6. The van der Waals surface area contributed by atoms with Gasteiger partial charge in [0.15, 0.2) is 0 Å². The third-order valence-corrected chi connectivity index (χ3v) is 1.70. The Balaban J connectivity index is -0.000000208. The molecule has 0 spiro atoms. The molecule has 3 nitrogen and oxygen atoms in total. The Labute approximate surface area is 103 Å². The quantitative estimate of drug-likeness (QED) is 0.636. The van der Waals surface area contributed by atoms with Crippen LogP contribution in [-0.2, 0) is 6.42 Å². The topological polar surface area (TPSA) is 83.2 Å². The molecule has 0 aliphatic rings. The van der Waals surface area contributed by atoms with Gasteiger partial charge in [-0.2, -0.15) is 0 Å². The first-order valence-electron chi connectivity index (χ1n) is 4.97. The first-order valence-corrected chi connectivity index (χ1v) is 4.97. The van der Waals surface area contributed by atoms with Gasteiger partial charge in [0.1, 0.15) is 0 Å². The van der Waals surface area contributed by atoms with Crippen molar-refractivity contribution in [1.29, 1.82) is 0 Å². The average Bonchev–Trinajstić information content (AvgIpc) is 2.32. The van der Waals surface area contributed by atoms with Crippen LogP contribution in [0.25, 0.3) is 0 Å². The summed E-state index contributed by atoms with van der Waals surface area (Å²) in [6.07, 6.45) is 8.68. The molecule has 0 aliphatic carbocycles. The Bertz CT molecular complexity index is 303. The van der Waals surface area contributed by atoms with Crippen LogP contribution in [-0.4, -0.2) is 16.1 Å². The molecule has 1 rings (SSSR count). The predicted molar refractivity (Wildman–Crippen MR) is 74.2 cm³/mol. The van der Waals surface area contributed by atoms with Gasteiger partial charge in [0.25, 0.3) is 0 Å². The highest BCUT2D eigenvalue weighted by molar-refractivity contribution is 5.13. The molecule has 0 saturated heterocycles. The van der Waals surface area contributed by atoms with Crippen molar-refractivity contribution in [2.45, 2.75) is 13.3 Å². The van der Waals surface area contributed by atoms with E-state index in [0.29, 0.717) is 0 Å². The number of aryl methyl sites for hydroxylation is 1. The maximum Gasteiger partial charge on any atom is 0.0791 e. The maximum atomic E-state index is 8.03. The molecule has 1 aromatic rings. The molecule has 0 aliphatic heterocycles. The van der Waals surface area contributed by atoms with Crippen LogP contribution in [0.2, 0.25) is 0 Å². The molecular formula is C14H22O3. The highest BCUT2D eigenvalue weighted by Gasteiger charge is 1.79. The lowest BCUT2D eigenvalue weighted by atomic mass is 10.2. The van der Waals surface area contributed by atoms with E-state index < -0.39 is 0 Å². The predicted octanol–water partition coefficient (Wildman–Crippen LogP) is 2.40. The molecule has 17 heavy (non-hydrogen) atoms. The first kappa shape index (κ1) is 20.6. The van der Waals surface area contributed by atoms with Gasteiger partial charge in [0.05, 0.1) is 6.26 Å². The summed E-state index contributed by atoms with van der Waals surface area (Å²) in [5.74, 6) is 0. The number of aliphatic hydroxyl groups excluding tert-OH is 1. The van der Waals surface area contributed by atoms with Crippen molar-refractivity contribution in [3.63, 3.8) is 0 Å². The van der Waals surface area contributed by atoms with E-state index in [1.54, 1.807) is 18.2 Å². The van der Waals surface area contributed by atoms with Crippen LogP contribution in [0.4, 0.5) is 0 Å². The fraction of sp³-hybridized carbons (Fsp3) is 0.143. The third-order valence-electron chi connectivity index (χ3n) is 1.70. The molecule has 0 radical (unpaired) electrons. The number of rotatable bonds is 3. The van der Waals surface area contributed by atoms with Gasteiger partial charge in [-0.15, -0.1) is 0 Å². The molecule has 0 bridgehead atoms. The van der Waals surface area contributed by atoms with Crippen molar-refractivity contribution in [2.75, 3.05) is 0 Å². The minimum atomic E-state index is 0. The first-order chi connectivity index (χ1) is 7.35. The fourth-order valence-corrected chi connectivity index (χ4v) is 0.906. The Morgan fingerprint density at radius 1 is 1.06 bits per heavy atom. The van der Waals surface area contributed by atoms with Crippen LogP contribution in [0.1, 0.15) is 12.5 Å². The molecule has 0 unspecified atom stereocenters. The van der Waals surface area contributed by atoms with E-state index in [4.69, 9.17) is 5.11 Å². The Morgan fingerprint density at radius 2 is 1.65 bits per heavy atom. The SMILES string of the molecule is C=C/C=C\C=C/O.CCc1ccccc1.O.O. The van der Waals surface area contributed by atoms with E-state index in [2.05, 4.69) is 37.8 Å². The van der Waals surface area contributed by atoms with E-state index >= 15 is 0 Å². The zero-order chi connectivity index (χ0) is 11.4. The molecule has 3 heteroatoms. The smallest absolute Gasteiger partial charge is 0.0791 e. The third kappa shape index (κ3) is 14.2. The molecular weight excluding hydrogens is 216 g/mol. The second-order valence-corrected chi connectivity index (χ2v) is 2.80. The largest absolute Gasteiger partial charge is 0.516 e. The highest BCUT2D eigenvalue weighted by atomic mass is 16.2. The lowest BCUT2D eigenvalue weighted by Gasteiger charge is -1.89. The number of hydrogen-bond donors (Lipinski definition) is 1. The summed E-state index contributed by atoms with van der Waals surface area (Å²) >= 11 is 0. The van der Waals surface area contributed by atoms with Crippen LogP contribution in [0.5, 0.6) is 0 Å². The van der Waals surface area contributed by atoms with Crippen LogP contribution >= 0.6 is 0 Å². The van der Waals surface area contributed by atoms with E-state index in [-0.39, 0.29) is 11.0 Å². The molecule has 0 aromatic heterocycles. The molecule has 5 N–H and O–H groups in total. The molecule has 0 saturated carbocycles. The zero-order valence-corrected chi connectivity index (χ0v) is 10.1. The normalized spacial score (nSPS) is 8.76. The Morgan fingerprint density at radius 3 is 2.00 bits per heavy atom. The van der Waals surface area contributed by atoms with Gasteiger partial charge in [-0.25, -0.2) is 0 Å². The van der Waals surface area contributed by atoms with Crippen molar-refractivity contribution in [3.8, 4) is 0 Å². The van der Waals surface area contributed by atoms with Crippen molar-refractivity contribution in [3.05, 3.63) is 73.0 Å². The van der Waals surface area contributed by atoms with Crippen LogP contribution in [0.3, 0.4) is 0 Å². The monoisotopic (exact) mass is 238 g/mol. The van der Waals surface area contributed by atoms with Crippen LogP contribution in [0.15, 0.2) is 67.5 Å². The molecule has 0 fully saturated rings. The summed E-state index contributed by atoms with van der Waals surface area (Å²) in [6.45, 7) is 5.59. The highest BCUT2D eigenvalue weighted by Crippen LogP contribution is 1.96. The van der Waals surface area contributed by atoms with Gasteiger partial charge >= 0.3 is 0 Å². The minimum Gasteiger partial charge on any atom is -0.516 e. The summed E-state index contributed by atoms with van der Waals surface area (Å²) in [5.41, 5.74) is 1.41. The lowest BCUT2D eigenvalue weighted by Crippen LogP contribution is -1.73. The maximum absolute atomic E-state index is 8.03. The summed E-state index contributed by atoms with van der Waals surface area (Å²) in [6, 6.07) is 10.5. The van der Waals surface area contributed by atoms with Gasteiger partial charge in [-0.1, -0.05) is 62.1 Å². The Kier molecular flexibility index (Phi) is 20.1. The van der Waals surface area contributed by atoms with Gasteiger partial charge in [-0.05, 0) is 18.1 Å². The number of allylic oxidation sites excluding steroid dienone is 4. The standard InChI is InChI=1S/C8H10.C6H8O.2H2O/c1-2-8-6-4-3-5-7-8;1-2-3-4-5-6-7;;/h3-7H,2H2,1H3;2-7H,1H2;2*1H2/b;4-3-,6-5-;;. The van der Waals surface area contributed by atoms with Crippen molar-refractivity contribution in [1.82, 2.24) is 0 Å².